The van der Waals surface area contributed by atoms with Crippen molar-refractivity contribution >= 4 is 5.82 Å². The maximum absolute atomic E-state index is 4.43. The molecule has 19 heavy (non-hydrogen) atoms. The third kappa shape index (κ3) is 3.93. The summed E-state index contributed by atoms with van der Waals surface area (Å²) in [5.41, 5.74) is 0. The fourth-order valence-corrected chi connectivity index (χ4v) is 2.96. The minimum atomic E-state index is 0.721. The molecule has 0 spiro atoms. The number of hydrogen-bond acceptors (Lipinski definition) is 3. The Balaban J connectivity index is 1.34. The van der Waals surface area contributed by atoms with Gasteiger partial charge >= 0.3 is 0 Å². The predicted octanol–water partition coefficient (Wildman–Crippen LogP) is 2.83. The zero-order valence-corrected chi connectivity index (χ0v) is 11.7. The highest BCUT2D eigenvalue weighted by molar-refractivity contribution is 5.38. The molecule has 2 fully saturated rings. The van der Waals surface area contributed by atoms with Gasteiger partial charge < -0.3 is 10.2 Å². The van der Waals surface area contributed by atoms with E-state index in [1.807, 2.05) is 12.3 Å². The largest absolute Gasteiger partial charge is 0.357 e. The third-order valence-corrected chi connectivity index (χ3v) is 4.39. The van der Waals surface area contributed by atoms with Crippen molar-refractivity contribution in [1.82, 2.24) is 10.3 Å². The summed E-state index contributed by atoms with van der Waals surface area (Å²) in [6.07, 6.45) is 10.2. The molecule has 0 radical (unpaired) electrons. The Morgan fingerprint density at radius 3 is 2.68 bits per heavy atom. The molecule has 1 aromatic heterocycles. The van der Waals surface area contributed by atoms with E-state index in [9.17, 15) is 0 Å². The van der Waals surface area contributed by atoms with Gasteiger partial charge in [0.25, 0.3) is 0 Å². The first-order valence-electron chi connectivity index (χ1n) is 7.81. The number of hydrogen-bond donors (Lipinski definition) is 1. The van der Waals surface area contributed by atoms with Gasteiger partial charge in [-0.3, -0.25) is 0 Å². The van der Waals surface area contributed by atoms with Crippen molar-refractivity contribution in [2.45, 2.75) is 44.6 Å². The normalized spacial score (nSPS) is 20.7. The lowest BCUT2D eigenvalue weighted by atomic mass is 10.0. The van der Waals surface area contributed by atoms with Gasteiger partial charge in [0.2, 0.25) is 0 Å². The van der Waals surface area contributed by atoms with Crippen molar-refractivity contribution in [1.29, 1.82) is 0 Å². The lowest BCUT2D eigenvalue weighted by molar-refractivity contribution is 0.407. The summed E-state index contributed by atoms with van der Waals surface area (Å²) in [7, 11) is 0. The average molecular weight is 259 g/mol. The van der Waals surface area contributed by atoms with Crippen molar-refractivity contribution in [2.75, 3.05) is 24.5 Å². The van der Waals surface area contributed by atoms with E-state index in [1.165, 1.54) is 45.1 Å². The Morgan fingerprint density at radius 1 is 1.16 bits per heavy atom. The van der Waals surface area contributed by atoms with Gasteiger partial charge in [0.1, 0.15) is 5.82 Å². The predicted molar refractivity (Wildman–Crippen MR) is 79.4 cm³/mol. The Bertz CT molecular complexity index is 367. The van der Waals surface area contributed by atoms with Gasteiger partial charge in [-0.15, -0.1) is 0 Å². The fraction of sp³-hybridized carbons (Fsp3) is 0.688. The second-order valence-corrected chi connectivity index (χ2v) is 5.99. The topological polar surface area (TPSA) is 28.2 Å². The summed E-state index contributed by atoms with van der Waals surface area (Å²) in [5, 5.41) is 3.73. The molecule has 3 heteroatoms. The Labute approximate surface area is 116 Å². The zero-order valence-electron chi connectivity index (χ0n) is 11.7. The van der Waals surface area contributed by atoms with Crippen molar-refractivity contribution in [3.63, 3.8) is 0 Å². The molecule has 0 amide bonds. The minimum absolute atomic E-state index is 0.721. The lowest BCUT2D eigenvalue weighted by Crippen LogP contribution is -2.43. The van der Waals surface area contributed by atoms with Crippen LogP contribution in [0.15, 0.2) is 24.4 Å². The van der Waals surface area contributed by atoms with Crippen LogP contribution in [-0.4, -0.2) is 30.7 Å². The van der Waals surface area contributed by atoms with Crippen molar-refractivity contribution in [2.24, 2.45) is 5.92 Å². The number of nitrogens with one attached hydrogen (secondary N) is 1. The molecule has 0 unspecified atom stereocenters. The molecule has 3 rings (SSSR count). The number of aromatic nitrogens is 1. The molecule has 2 aliphatic rings. The van der Waals surface area contributed by atoms with Crippen molar-refractivity contribution < 1.29 is 0 Å². The summed E-state index contributed by atoms with van der Waals surface area (Å²) >= 11 is 0. The van der Waals surface area contributed by atoms with Crippen LogP contribution in [-0.2, 0) is 0 Å². The van der Waals surface area contributed by atoms with Gasteiger partial charge in [-0.25, -0.2) is 4.98 Å². The number of piperidine rings is 1. The van der Waals surface area contributed by atoms with Crippen LogP contribution in [0.25, 0.3) is 0 Å². The highest BCUT2D eigenvalue weighted by atomic mass is 15.2. The standard InChI is InChI=1S/C16H25N3/c1-2-10-18-16(5-1)19-12-8-15(9-13-19)17-11-3-4-14-6-7-14/h1-2,5,10,14-15,17H,3-4,6-9,11-13H2. The van der Waals surface area contributed by atoms with E-state index in [0.717, 1.165) is 30.9 Å². The van der Waals surface area contributed by atoms with E-state index in [0.29, 0.717) is 0 Å². The first-order valence-corrected chi connectivity index (χ1v) is 7.81. The molecule has 1 aromatic rings. The number of rotatable bonds is 6. The number of anilines is 1. The van der Waals surface area contributed by atoms with Gasteiger partial charge in [0.15, 0.2) is 0 Å². The third-order valence-electron chi connectivity index (χ3n) is 4.39. The molecule has 3 nitrogen and oxygen atoms in total. The van der Waals surface area contributed by atoms with Crippen LogP contribution in [0, 0.1) is 5.92 Å². The van der Waals surface area contributed by atoms with Gasteiger partial charge in [-0.2, -0.15) is 0 Å². The molecule has 0 aromatic carbocycles. The van der Waals surface area contributed by atoms with E-state index >= 15 is 0 Å². The van der Waals surface area contributed by atoms with E-state index in [-0.39, 0.29) is 0 Å². The van der Waals surface area contributed by atoms with Crippen LogP contribution in [0.5, 0.6) is 0 Å². The van der Waals surface area contributed by atoms with Gasteiger partial charge in [-0.1, -0.05) is 18.9 Å². The molecule has 1 N–H and O–H groups in total. The number of nitrogens with zero attached hydrogens (tertiary/aromatic N) is 2. The zero-order chi connectivity index (χ0) is 12.9. The van der Waals surface area contributed by atoms with E-state index in [4.69, 9.17) is 0 Å². The van der Waals surface area contributed by atoms with Crippen LogP contribution in [0.1, 0.15) is 38.5 Å². The molecular formula is C16H25N3. The van der Waals surface area contributed by atoms with Crippen molar-refractivity contribution in [3.05, 3.63) is 24.4 Å². The molecule has 104 valence electrons. The highest BCUT2D eigenvalue weighted by Crippen LogP contribution is 2.33. The van der Waals surface area contributed by atoms with E-state index < -0.39 is 0 Å². The minimum Gasteiger partial charge on any atom is -0.357 e. The van der Waals surface area contributed by atoms with Gasteiger partial charge in [-0.05, 0) is 50.3 Å². The second-order valence-electron chi connectivity index (χ2n) is 5.99. The maximum Gasteiger partial charge on any atom is 0.128 e. The SMILES string of the molecule is c1ccc(N2CCC(NCCCC3CC3)CC2)nc1. The summed E-state index contributed by atoms with van der Waals surface area (Å²) in [4.78, 5) is 6.84. The average Bonchev–Trinajstić information content (AvgIpc) is 3.29. The first-order chi connectivity index (χ1) is 9.42. The molecule has 1 saturated carbocycles. The van der Waals surface area contributed by atoms with Gasteiger partial charge in [0, 0.05) is 25.3 Å². The lowest BCUT2D eigenvalue weighted by Gasteiger charge is -2.33. The highest BCUT2D eigenvalue weighted by Gasteiger charge is 2.21. The summed E-state index contributed by atoms with van der Waals surface area (Å²) < 4.78 is 0. The summed E-state index contributed by atoms with van der Waals surface area (Å²) in [5.74, 6) is 2.21. The molecule has 0 atom stereocenters. The Kier molecular flexibility index (Phi) is 4.34. The summed E-state index contributed by atoms with van der Waals surface area (Å²) in [6.45, 7) is 3.49. The van der Waals surface area contributed by atoms with Crippen LogP contribution in [0.2, 0.25) is 0 Å². The van der Waals surface area contributed by atoms with Crippen LogP contribution in [0.4, 0.5) is 5.82 Å². The van der Waals surface area contributed by atoms with E-state index in [2.05, 4.69) is 27.3 Å². The Hall–Kier alpha value is -1.09. The molecular weight excluding hydrogens is 234 g/mol. The van der Waals surface area contributed by atoms with Crippen molar-refractivity contribution in [3.8, 4) is 0 Å². The maximum atomic E-state index is 4.43. The molecule has 2 heterocycles. The van der Waals surface area contributed by atoms with Crippen LogP contribution in [0.3, 0.4) is 0 Å². The fourth-order valence-electron chi connectivity index (χ4n) is 2.96. The summed E-state index contributed by atoms with van der Waals surface area (Å²) in [6, 6.07) is 6.89. The second kappa shape index (κ2) is 6.38. The molecule has 1 saturated heterocycles. The quantitative estimate of drug-likeness (QED) is 0.796. The number of pyridine rings is 1. The van der Waals surface area contributed by atoms with E-state index in [1.54, 1.807) is 0 Å². The van der Waals surface area contributed by atoms with Gasteiger partial charge in [0.05, 0.1) is 0 Å². The monoisotopic (exact) mass is 259 g/mol. The smallest absolute Gasteiger partial charge is 0.128 e. The molecule has 1 aliphatic heterocycles. The first kappa shape index (κ1) is 12.9. The molecule has 0 bridgehead atoms. The van der Waals surface area contributed by atoms with Crippen LogP contribution < -0.4 is 10.2 Å². The molecule has 1 aliphatic carbocycles. The van der Waals surface area contributed by atoms with Crippen LogP contribution >= 0.6 is 0 Å². The Morgan fingerprint density at radius 2 is 2.00 bits per heavy atom.